The highest BCUT2D eigenvalue weighted by Gasteiger charge is 2.30. The van der Waals surface area contributed by atoms with Crippen LogP contribution in [0.1, 0.15) is 47.7 Å². The lowest BCUT2D eigenvalue weighted by Crippen LogP contribution is -2.34. The molecule has 2 aromatic carbocycles. The fourth-order valence-electron chi connectivity index (χ4n) is 4.05. The van der Waals surface area contributed by atoms with Gasteiger partial charge in [-0.15, -0.1) is 0 Å². The summed E-state index contributed by atoms with van der Waals surface area (Å²) < 4.78 is 15.9. The second kappa shape index (κ2) is 20.4. The van der Waals surface area contributed by atoms with E-state index in [1.54, 1.807) is 11.1 Å². The summed E-state index contributed by atoms with van der Waals surface area (Å²) in [5.74, 6) is -0.669. The van der Waals surface area contributed by atoms with Crippen molar-refractivity contribution in [1.29, 1.82) is 0 Å². The van der Waals surface area contributed by atoms with Gasteiger partial charge in [-0.2, -0.15) is 0 Å². The van der Waals surface area contributed by atoms with E-state index in [1.165, 1.54) is 0 Å². The number of nitrogen functional groups attached to an aromatic ring is 1. The number of amides is 4. The summed E-state index contributed by atoms with van der Waals surface area (Å²) in [6, 6.07) is 14.9. The van der Waals surface area contributed by atoms with Crippen LogP contribution in [0.3, 0.4) is 0 Å². The molecule has 0 fully saturated rings. The van der Waals surface area contributed by atoms with Crippen molar-refractivity contribution in [2.24, 2.45) is 11.5 Å². The van der Waals surface area contributed by atoms with Gasteiger partial charge in [0.05, 0.1) is 45.3 Å². The standard InChI is InChI=1S/C17H28N4O4.C14H16N2O3/c18-15-3-1-14(2-4-15)16(19)13-21-6-8-24-10-12-25-11-9-23-7-5-17(20)22;1-10(6-7-13(18)15-9-17)16-8-11-4-2-3-5-12(11)14(16)19/h1-4,13,21H,5-12,18-19H2,(H2,20,22);2-5,9-10H,6-8H2,1H3,(H,15,17,18)/b16-13-;. The van der Waals surface area contributed by atoms with Gasteiger partial charge in [0.2, 0.25) is 18.2 Å². The van der Waals surface area contributed by atoms with Crippen LogP contribution in [-0.4, -0.2) is 81.3 Å². The molecule has 1 aliphatic heterocycles. The van der Waals surface area contributed by atoms with Crippen molar-refractivity contribution in [3.05, 3.63) is 71.4 Å². The zero-order chi connectivity index (χ0) is 32.2. The van der Waals surface area contributed by atoms with Crippen LogP contribution in [0.2, 0.25) is 0 Å². The Morgan fingerprint density at radius 3 is 2.20 bits per heavy atom. The monoisotopic (exact) mass is 612 g/mol. The van der Waals surface area contributed by atoms with Gasteiger partial charge in [0.1, 0.15) is 0 Å². The van der Waals surface area contributed by atoms with Crippen LogP contribution in [0.25, 0.3) is 5.70 Å². The van der Waals surface area contributed by atoms with Crippen molar-refractivity contribution < 1.29 is 33.4 Å². The van der Waals surface area contributed by atoms with E-state index in [1.807, 2.05) is 55.5 Å². The van der Waals surface area contributed by atoms with E-state index in [0.29, 0.717) is 76.9 Å². The molecule has 44 heavy (non-hydrogen) atoms. The fraction of sp³-hybridized carbons (Fsp3) is 0.419. The first-order chi connectivity index (χ1) is 21.2. The fourth-order valence-corrected chi connectivity index (χ4v) is 4.05. The molecule has 2 aromatic rings. The number of imide groups is 1. The Balaban J connectivity index is 0.000000317. The van der Waals surface area contributed by atoms with E-state index in [-0.39, 0.29) is 36.6 Å². The molecule has 1 atom stereocenters. The molecule has 240 valence electrons. The minimum atomic E-state index is -0.368. The number of hydrogen-bond donors (Lipinski definition) is 5. The van der Waals surface area contributed by atoms with E-state index >= 15 is 0 Å². The summed E-state index contributed by atoms with van der Waals surface area (Å²) in [5.41, 5.74) is 20.6. The number of benzene rings is 2. The predicted octanol–water partition coefficient (Wildman–Crippen LogP) is 1.12. The molecule has 4 amide bonds. The highest BCUT2D eigenvalue weighted by atomic mass is 16.5. The average molecular weight is 613 g/mol. The van der Waals surface area contributed by atoms with Crippen molar-refractivity contribution in [3.63, 3.8) is 0 Å². The van der Waals surface area contributed by atoms with E-state index in [0.717, 1.165) is 16.7 Å². The molecule has 3 rings (SSSR count). The third-order valence-corrected chi connectivity index (χ3v) is 6.52. The molecule has 13 heteroatoms. The van der Waals surface area contributed by atoms with Gasteiger partial charge in [0.15, 0.2) is 0 Å². The van der Waals surface area contributed by atoms with Gasteiger partial charge < -0.3 is 41.6 Å². The van der Waals surface area contributed by atoms with Gasteiger partial charge in [0.25, 0.3) is 5.91 Å². The number of nitrogens with zero attached hydrogens (tertiary/aromatic N) is 1. The minimum absolute atomic E-state index is 0.0129. The third kappa shape index (κ3) is 13.7. The highest BCUT2D eigenvalue weighted by molar-refractivity contribution is 5.98. The quantitative estimate of drug-likeness (QED) is 0.0869. The Morgan fingerprint density at radius 2 is 1.57 bits per heavy atom. The maximum atomic E-state index is 12.2. The minimum Gasteiger partial charge on any atom is -0.399 e. The number of carbonyl (C=O) groups excluding carboxylic acids is 4. The molecule has 0 radical (unpaired) electrons. The molecule has 1 unspecified atom stereocenters. The predicted molar refractivity (Wildman–Crippen MR) is 167 cm³/mol. The zero-order valence-corrected chi connectivity index (χ0v) is 25.2. The topological polar surface area (TPSA) is 201 Å². The van der Waals surface area contributed by atoms with Gasteiger partial charge in [-0.1, -0.05) is 30.3 Å². The summed E-state index contributed by atoms with van der Waals surface area (Å²) in [6.07, 6.45) is 3.13. The summed E-state index contributed by atoms with van der Waals surface area (Å²) >= 11 is 0. The first-order valence-electron chi connectivity index (χ1n) is 14.4. The maximum absolute atomic E-state index is 12.2. The molecule has 13 nitrogen and oxygen atoms in total. The van der Waals surface area contributed by atoms with E-state index in [4.69, 9.17) is 31.4 Å². The van der Waals surface area contributed by atoms with Gasteiger partial charge in [-0.05, 0) is 42.7 Å². The van der Waals surface area contributed by atoms with Crippen LogP contribution < -0.4 is 27.8 Å². The molecular weight excluding hydrogens is 568 g/mol. The molecule has 0 aromatic heterocycles. The number of nitrogens with two attached hydrogens (primary N) is 3. The van der Waals surface area contributed by atoms with Crippen LogP contribution in [0.5, 0.6) is 0 Å². The van der Waals surface area contributed by atoms with Gasteiger partial charge in [0, 0.05) is 49.4 Å². The number of fused-ring (bicyclic) bond motifs is 1. The lowest BCUT2D eigenvalue weighted by atomic mass is 10.1. The number of anilines is 1. The molecular formula is C31H44N6O7. The Labute approximate surface area is 258 Å². The molecule has 0 aliphatic carbocycles. The maximum Gasteiger partial charge on any atom is 0.254 e. The lowest BCUT2D eigenvalue weighted by molar-refractivity contribution is -0.125. The van der Waals surface area contributed by atoms with Crippen LogP contribution in [-0.2, 0) is 35.1 Å². The number of rotatable bonds is 19. The molecule has 0 spiro atoms. The lowest BCUT2D eigenvalue weighted by Gasteiger charge is -2.23. The number of hydrogen-bond acceptors (Lipinski definition) is 10. The van der Waals surface area contributed by atoms with E-state index in [2.05, 4.69) is 10.6 Å². The van der Waals surface area contributed by atoms with Crippen LogP contribution >= 0.6 is 0 Å². The van der Waals surface area contributed by atoms with Gasteiger partial charge in [-0.3, -0.25) is 24.5 Å². The number of primary amides is 1. The first kappa shape index (κ1) is 35.7. The van der Waals surface area contributed by atoms with Crippen molar-refractivity contribution in [1.82, 2.24) is 15.5 Å². The van der Waals surface area contributed by atoms with Crippen molar-refractivity contribution in [2.45, 2.75) is 38.8 Å². The van der Waals surface area contributed by atoms with Crippen LogP contribution in [0.4, 0.5) is 5.69 Å². The van der Waals surface area contributed by atoms with Crippen molar-refractivity contribution in [2.75, 3.05) is 51.9 Å². The molecule has 8 N–H and O–H groups in total. The summed E-state index contributed by atoms with van der Waals surface area (Å²) in [5, 5.41) is 5.19. The van der Waals surface area contributed by atoms with Crippen LogP contribution in [0, 0.1) is 0 Å². The van der Waals surface area contributed by atoms with Gasteiger partial charge in [-0.25, -0.2) is 0 Å². The number of carbonyl (C=O) groups is 4. The highest BCUT2D eigenvalue weighted by Crippen LogP contribution is 2.25. The molecule has 1 aliphatic rings. The normalized spacial score (nSPS) is 13.0. The number of ether oxygens (including phenoxy) is 3. The van der Waals surface area contributed by atoms with Crippen molar-refractivity contribution in [3.8, 4) is 0 Å². The van der Waals surface area contributed by atoms with Crippen LogP contribution in [0.15, 0.2) is 54.7 Å². The number of nitrogens with one attached hydrogen (secondary N) is 2. The van der Waals surface area contributed by atoms with E-state index in [9.17, 15) is 19.2 Å². The smallest absolute Gasteiger partial charge is 0.254 e. The first-order valence-corrected chi connectivity index (χ1v) is 14.4. The Hall–Kier alpha value is -4.46. The SMILES string of the molecule is CC(CCC(=O)NC=O)N1Cc2ccccc2C1=O.NC(=O)CCOCCOCCOCCN/C=C(\N)c1ccc(N)cc1. The molecule has 0 saturated carbocycles. The summed E-state index contributed by atoms with van der Waals surface area (Å²) in [6.45, 7) is 5.90. The average Bonchev–Trinajstić information content (AvgIpc) is 3.35. The Morgan fingerprint density at radius 1 is 0.932 bits per heavy atom. The largest absolute Gasteiger partial charge is 0.399 e. The second-order valence-corrected chi connectivity index (χ2v) is 9.89. The van der Waals surface area contributed by atoms with Gasteiger partial charge >= 0.3 is 0 Å². The molecule has 0 saturated heterocycles. The van der Waals surface area contributed by atoms with Crippen molar-refractivity contribution >= 4 is 35.5 Å². The zero-order valence-electron chi connectivity index (χ0n) is 25.2. The third-order valence-electron chi connectivity index (χ3n) is 6.52. The Bertz CT molecular complexity index is 1220. The molecule has 1 heterocycles. The molecule has 0 bridgehead atoms. The summed E-state index contributed by atoms with van der Waals surface area (Å²) in [4.78, 5) is 45.8. The Kier molecular flexibility index (Phi) is 16.6. The van der Waals surface area contributed by atoms with E-state index < -0.39 is 0 Å². The second-order valence-electron chi connectivity index (χ2n) is 9.89. The summed E-state index contributed by atoms with van der Waals surface area (Å²) in [7, 11) is 0.